The largest absolute Gasteiger partial charge is 0.212 e. The molecule has 0 N–H and O–H groups in total. The number of rotatable bonds is 3. The van der Waals surface area contributed by atoms with Crippen molar-refractivity contribution in [3.05, 3.63) is 77.5 Å². The lowest BCUT2D eigenvalue weighted by Gasteiger charge is -2.12. The third-order valence-electron chi connectivity index (χ3n) is 4.76. The minimum atomic E-state index is 0.544. The average molecular weight is 316 g/mol. The second-order valence-corrected chi connectivity index (χ2v) is 6.96. The number of aromatic nitrogens is 1. The molecule has 0 aliphatic rings. The van der Waals surface area contributed by atoms with Crippen LogP contribution in [0.2, 0.25) is 0 Å². The summed E-state index contributed by atoms with van der Waals surface area (Å²) in [6, 6.07) is 19.7. The molecule has 3 rings (SSSR count). The fourth-order valence-corrected chi connectivity index (χ4v) is 3.35. The Morgan fingerprint density at radius 1 is 0.792 bits per heavy atom. The van der Waals surface area contributed by atoms with Crippen molar-refractivity contribution in [3.8, 4) is 22.4 Å². The lowest BCUT2D eigenvalue weighted by atomic mass is 9.94. The number of pyridine rings is 1. The van der Waals surface area contributed by atoms with E-state index in [4.69, 9.17) is 0 Å². The molecule has 0 fully saturated rings. The van der Waals surface area contributed by atoms with Crippen LogP contribution >= 0.6 is 0 Å². The van der Waals surface area contributed by atoms with Gasteiger partial charge in [0.25, 0.3) is 0 Å². The van der Waals surface area contributed by atoms with Gasteiger partial charge in [-0.2, -0.15) is 0 Å². The summed E-state index contributed by atoms with van der Waals surface area (Å²) in [6.45, 7) is 8.91. The van der Waals surface area contributed by atoms with E-state index >= 15 is 0 Å². The zero-order valence-corrected chi connectivity index (χ0v) is 15.3. The van der Waals surface area contributed by atoms with E-state index in [9.17, 15) is 0 Å². The van der Waals surface area contributed by atoms with Crippen molar-refractivity contribution in [1.29, 1.82) is 0 Å². The lowest BCUT2D eigenvalue weighted by Crippen LogP contribution is -2.32. The fourth-order valence-electron chi connectivity index (χ4n) is 3.35. The maximum atomic E-state index is 2.33. The molecule has 1 aromatic heterocycles. The zero-order chi connectivity index (χ0) is 17.3. The second kappa shape index (κ2) is 6.60. The summed E-state index contributed by atoms with van der Waals surface area (Å²) in [5.41, 5.74) is 9.19. The Hall–Kier alpha value is -2.41. The molecule has 3 aromatic rings. The van der Waals surface area contributed by atoms with Crippen LogP contribution in [0.3, 0.4) is 0 Å². The van der Waals surface area contributed by atoms with Crippen molar-refractivity contribution in [3.63, 3.8) is 0 Å². The molecule has 1 heteroatoms. The van der Waals surface area contributed by atoms with Gasteiger partial charge in [0.2, 0.25) is 5.69 Å². The monoisotopic (exact) mass is 316 g/mol. The van der Waals surface area contributed by atoms with Gasteiger partial charge in [0.05, 0.1) is 0 Å². The first-order chi connectivity index (χ1) is 11.5. The molecule has 0 saturated carbocycles. The summed E-state index contributed by atoms with van der Waals surface area (Å²) in [5.74, 6) is 0.544. The van der Waals surface area contributed by atoms with Gasteiger partial charge in [-0.05, 0) is 48.1 Å². The minimum absolute atomic E-state index is 0.544. The Balaban J connectivity index is 2.15. The van der Waals surface area contributed by atoms with Gasteiger partial charge in [-0.15, -0.1) is 0 Å². The van der Waals surface area contributed by atoms with Crippen LogP contribution in [0.15, 0.2) is 60.8 Å². The molecule has 0 amide bonds. The van der Waals surface area contributed by atoms with E-state index in [1.807, 2.05) is 0 Å². The quantitative estimate of drug-likeness (QED) is 0.555. The summed E-state index contributed by atoms with van der Waals surface area (Å²) < 4.78 is 2.26. The van der Waals surface area contributed by atoms with Crippen LogP contribution in [-0.4, -0.2) is 0 Å². The highest BCUT2D eigenvalue weighted by Gasteiger charge is 2.17. The van der Waals surface area contributed by atoms with Gasteiger partial charge < -0.3 is 0 Å². The molecule has 24 heavy (non-hydrogen) atoms. The van der Waals surface area contributed by atoms with E-state index < -0.39 is 0 Å². The van der Waals surface area contributed by atoms with E-state index in [0.29, 0.717) is 5.92 Å². The van der Waals surface area contributed by atoms with Crippen molar-refractivity contribution in [1.82, 2.24) is 0 Å². The highest BCUT2D eigenvalue weighted by molar-refractivity contribution is 5.73. The molecule has 2 aromatic carbocycles. The number of aryl methyl sites for hydroxylation is 3. The van der Waals surface area contributed by atoms with Gasteiger partial charge in [-0.25, -0.2) is 4.57 Å². The standard InChI is InChI=1S/C23H26N/c1-16(2)22-15-24(5)23(13-18(22)4)21-14-20(12-11-17(21)3)19-9-7-6-8-10-19/h6-16H,1-5H3/q+1. The van der Waals surface area contributed by atoms with Gasteiger partial charge in [0.1, 0.15) is 7.05 Å². The van der Waals surface area contributed by atoms with Crippen LogP contribution in [0, 0.1) is 13.8 Å². The van der Waals surface area contributed by atoms with Crippen LogP contribution in [0.25, 0.3) is 22.4 Å². The highest BCUT2D eigenvalue weighted by atomic mass is 14.9. The summed E-state index contributed by atoms with van der Waals surface area (Å²) in [5, 5.41) is 0. The van der Waals surface area contributed by atoms with Crippen LogP contribution in [0.1, 0.15) is 36.5 Å². The normalized spacial score (nSPS) is 11.1. The summed E-state index contributed by atoms with van der Waals surface area (Å²) in [7, 11) is 2.15. The molecule has 1 heterocycles. The second-order valence-electron chi connectivity index (χ2n) is 6.96. The molecule has 0 unspecified atom stereocenters. The molecule has 0 atom stereocenters. The summed E-state index contributed by atoms with van der Waals surface area (Å²) in [6.07, 6.45) is 2.28. The van der Waals surface area contributed by atoms with E-state index in [1.54, 1.807) is 0 Å². The smallest absolute Gasteiger partial charge is 0.201 e. The minimum Gasteiger partial charge on any atom is -0.201 e. The van der Waals surface area contributed by atoms with E-state index in [2.05, 4.69) is 100 Å². The van der Waals surface area contributed by atoms with Crippen LogP contribution in [0.5, 0.6) is 0 Å². The third-order valence-corrected chi connectivity index (χ3v) is 4.76. The van der Waals surface area contributed by atoms with Crippen LogP contribution in [-0.2, 0) is 7.05 Å². The topological polar surface area (TPSA) is 3.88 Å². The predicted molar refractivity (Wildman–Crippen MR) is 102 cm³/mol. The first-order valence-corrected chi connectivity index (χ1v) is 8.64. The van der Waals surface area contributed by atoms with Gasteiger partial charge in [-0.3, -0.25) is 0 Å². The van der Waals surface area contributed by atoms with Gasteiger partial charge >= 0.3 is 0 Å². The molecule has 1 nitrogen and oxygen atoms in total. The number of nitrogens with zero attached hydrogens (tertiary/aromatic N) is 1. The van der Waals surface area contributed by atoms with Crippen LogP contribution < -0.4 is 4.57 Å². The van der Waals surface area contributed by atoms with Gasteiger partial charge in [0, 0.05) is 17.2 Å². The molecular formula is C23H26N+. The predicted octanol–water partition coefficient (Wildman–Crippen LogP) is 5.59. The number of hydrogen-bond donors (Lipinski definition) is 0. The molecule has 0 saturated heterocycles. The highest BCUT2D eigenvalue weighted by Crippen LogP contribution is 2.29. The van der Waals surface area contributed by atoms with Crippen molar-refractivity contribution >= 4 is 0 Å². The Morgan fingerprint density at radius 3 is 2.17 bits per heavy atom. The maximum Gasteiger partial charge on any atom is 0.212 e. The van der Waals surface area contributed by atoms with E-state index in [0.717, 1.165) is 0 Å². The summed E-state index contributed by atoms with van der Waals surface area (Å²) in [4.78, 5) is 0. The maximum absolute atomic E-state index is 2.33. The molecule has 0 spiro atoms. The number of benzene rings is 2. The third kappa shape index (κ3) is 3.12. The molecule has 0 aliphatic carbocycles. The van der Waals surface area contributed by atoms with E-state index in [1.165, 1.54) is 39.1 Å². The van der Waals surface area contributed by atoms with Gasteiger partial charge in [-0.1, -0.05) is 56.3 Å². The number of hydrogen-bond acceptors (Lipinski definition) is 0. The molecular weight excluding hydrogens is 290 g/mol. The summed E-state index contributed by atoms with van der Waals surface area (Å²) >= 11 is 0. The van der Waals surface area contributed by atoms with Crippen molar-refractivity contribution < 1.29 is 4.57 Å². The van der Waals surface area contributed by atoms with Crippen molar-refractivity contribution in [2.75, 3.05) is 0 Å². The Labute approximate surface area is 145 Å². The Kier molecular flexibility index (Phi) is 4.53. The van der Waals surface area contributed by atoms with Crippen molar-refractivity contribution in [2.24, 2.45) is 7.05 Å². The van der Waals surface area contributed by atoms with Crippen molar-refractivity contribution in [2.45, 2.75) is 33.6 Å². The fraction of sp³-hybridized carbons (Fsp3) is 0.261. The SMILES string of the molecule is Cc1ccc(-c2ccccc2)cc1-c1cc(C)c(C(C)C)c[n+]1C. The van der Waals surface area contributed by atoms with E-state index in [-0.39, 0.29) is 0 Å². The molecule has 0 radical (unpaired) electrons. The lowest BCUT2D eigenvalue weighted by molar-refractivity contribution is -0.660. The average Bonchev–Trinajstić information content (AvgIpc) is 2.58. The zero-order valence-electron chi connectivity index (χ0n) is 15.3. The Bertz CT molecular complexity index is 861. The molecule has 122 valence electrons. The molecule has 0 bridgehead atoms. The van der Waals surface area contributed by atoms with Crippen LogP contribution in [0.4, 0.5) is 0 Å². The molecule has 0 aliphatic heterocycles. The first kappa shape index (κ1) is 16.4. The van der Waals surface area contributed by atoms with Gasteiger partial charge in [0.15, 0.2) is 6.20 Å². The first-order valence-electron chi connectivity index (χ1n) is 8.64. The Morgan fingerprint density at radius 2 is 1.50 bits per heavy atom.